The first-order valence-corrected chi connectivity index (χ1v) is 8.50. The lowest BCUT2D eigenvalue weighted by molar-refractivity contribution is -0.179. The Morgan fingerprint density at radius 3 is 2.64 bits per heavy atom. The van der Waals surface area contributed by atoms with Crippen LogP contribution in [0.1, 0.15) is 40.0 Å². The van der Waals surface area contributed by atoms with Crippen LogP contribution in [0.15, 0.2) is 24.3 Å². The molecule has 3 aliphatic rings. The van der Waals surface area contributed by atoms with E-state index in [4.69, 9.17) is 4.74 Å². The summed E-state index contributed by atoms with van der Waals surface area (Å²) in [6.45, 7) is 1.88. The van der Waals surface area contributed by atoms with Crippen LogP contribution in [0.3, 0.4) is 0 Å². The van der Waals surface area contributed by atoms with Gasteiger partial charge < -0.3 is 19.3 Å². The van der Waals surface area contributed by atoms with Crippen LogP contribution in [0.25, 0.3) is 0 Å². The van der Waals surface area contributed by atoms with Crippen LogP contribution in [0.4, 0.5) is 0 Å². The molecule has 1 aromatic carbocycles. The van der Waals surface area contributed by atoms with Crippen molar-refractivity contribution in [2.45, 2.75) is 31.0 Å². The van der Waals surface area contributed by atoms with Crippen molar-refractivity contribution in [3.8, 4) is 0 Å². The molecule has 0 N–H and O–H groups in total. The third-order valence-corrected chi connectivity index (χ3v) is 5.43. The zero-order chi connectivity index (χ0) is 17.6. The lowest BCUT2D eigenvalue weighted by Gasteiger charge is -2.42. The highest BCUT2D eigenvalue weighted by molar-refractivity contribution is 5.97. The van der Waals surface area contributed by atoms with E-state index in [0.29, 0.717) is 43.7 Å². The van der Waals surface area contributed by atoms with Crippen molar-refractivity contribution in [2.75, 3.05) is 26.8 Å². The van der Waals surface area contributed by atoms with Crippen LogP contribution in [0.5, 0.6) is 0 Å². The second kappa shape index (κ2) is 5.84. The van der Waals surface area contributed by atoms with Crippen molar-refractivity contribution in [1.29, 1.82) is 0 Å². The molecular weight excluding hydrogens is 324 g/mol. The number of rotatable bonds is 2. The average Bonchev–Trinajstić information content (AvgIpc) is 3.13. The first-order chi connectivity index (χ1) is 12.1. The molecule has 3 heterocycles. The van der Waals surface area contributed by atoms with Gasteiger partial charge in [-0.2, -0.15) is 0 Å². The number of likely N-dealkylation sites (tertiary alicyclic amines) is 1. The zero-order valence-electron chi connectivity index (χ0n) is 14.1. The average molecular weight is 344 g/mol. The van der Waals surface area contributed by atoms with Gasteiger partial charge in [0.2, 0.25) is 5.91 Å². The number of nitrogens with zero attached hydrogens (tertiary/aromatic N) is 2. The summed E-state index contributed by atoms with van der Waals surface area (Å²) in [5.74, 6) is -0.517. The highest BCUT2D eigenvalue weighted by atomic mass is 16.5. The minimum atomic E-state index is -0.642. The van der Waals surface area contributed by atoms with E-state index in [1.807, 2.05) is 4.90 Å². The lowest BCUT2D eigenvalue weighted by atomic mass is 10.0. The predicted octanol–water partition coefficient (Wildman–Crippen LogP) is 1.04. The summed E-state index contributed by atoms with van der Waals surface area (Å²) in [6.07, 6.45) is 1.80. The smallest absolute Gasteiger partial charge is 0.337 e. The fraction of sp³-hybridized carbons (Fsp3) is 0.500. The predicted molar refractivity (Wildman–Crippen MR) is 86.9 cm³/mol. The van der Waals surface area contributed by atoms with Crippen LogP contribution >= 0.6 is 0 Å². The summed E-state index contributed by atoms with van der Waals surface area (Å²) < 4.78 is 10.7. The Hall–Kier alpha value is -2.41. The third-order valence-electron chi connectivity index (χ3n) is 5.43. The molecule has 0 saturated carbocycles. The second-order valence-electron chi connectivity index (χ2n) is 6.63. The van der Waals surface area contributed by atoms with E-state index in [-0.39, 0.29) is 17.9 Å². The molecule has 2 amide bonds. The monoisotopic (exact) mass is 344 g/mol. The molecule has 132 valence electrons. The first kappa shape index (κ1) is 16.1. The topological polar surface area (TPSA) is 76.2 Å². The minimum Gasteiger partial charge on any atom is -0.465 e. The van der Waals surface area contributed by atoms with Crippen molar-refractivity contribution in [1.82, 2.24) is 9.80 Å². The van der Waals surface area contributed by atoms with Gasteiger partial charge in [-0.25, -0.2) is 4.79 Å². The molecule has 25 heavy (non-hydrogen) atoms. The molecule has 4 rings (SSSR count). The van der Waals surface area contributed by atoms with Gasteiger partial charge in [0.15, 0.2) is 5.72 Å². The van der Waals surface area contributed by atoms with Crippen molar-refractivity contribution in [3.63, 3.8) is 0 Å². The number of benzene rings is 1. The van der Waals surface area contributed by atoms with Crippen molar-refractivity contribution >= 4 is 17.8 Å². The van der Waals surface area contributed by atoms with E-state index >= 15 is 0 Å². The SMILES string of the molecule is COC(=O)c1ccc(C(=O)N2CC[C@@]34OCCCN3C(=O)C[C@@H]24)cc1. The molecule has 0 aromatic heterocycles. The highest BCUT2D eigenvalue weighted by Crippen LogP contribution is 2.45. The number of ether oxygens (including phenoxy) is 2. The summed E-state index contributed by atoms with van der Waals surface area (Å²) in [5.41, 5.74) is 0.248. The van der Waals surface area contributed by atoms with E-state index in [1.54, 1.807) is 29.2 Å². The maximum atomic E-state index is 12.9. The molecule has 0 unspecified atom stereocenters. The number of hydrogen-bond donors (Lipinski definition) is 0. The van der Waals surface area contributed by atoms with Gasteiger partial charge in [-0.1, -0.05) is 0 Å². The maximum Gasteiger partial charge on any atom is 0.337 e. The van der Waals surface area contributed by atoms with Gasteiger partial charge in [-0.3, -0.25) is 9.59 Å². The number of esters is 1. The van der Waals surface area contributed by atoms with Crippen molar-refractivity contribution in [3.05, 3.63) is 35.4 Å². The summed E-state index contributed by atoms with van der Waals surface area (Å²) in [6, 6.07) is 6.15. The maximum absolute atomic E-state index is 12.9. The fourth-order valence-electron chi connectivity index (χ4n) is 4.23. The molecule has 0 aliphatic carbocycles. The van der Waals surface area contributed by atoms with Crippen LogP contribution in [0.2, 0.25) is 0 Å². The Bertz CT molecular complexity index is 731. The number of carbonyl (C=O) groups is 3. The Morgan fingerprint density at radius 2 is 1.92 bits per heavy atom. The van der Waals surface area contributed by atoms with Gasteiger partial charge in [-0.15, -0.1) is 0 Å². The zero-order valence-corrected chi connectivity index (χ0v) is 14.1. The Kier molecular flexibility index (Phi) is 3.76. The fourth-order valence-corrected chi connectivity index (χ4v) is 4.23. The summed E-state index contributed by atoms with van der Waals surface area (Å²) in [4.78, 5) is 40.4. The molecule has 3 saturated heterocycles. The van der Waals surface area contributed by atoms with Gasteiger partial charge in [0.25, 0.3) is 5.91 Å². The molecule has 3 fully saturated rings. The largest absolute Gasteiger partial charge is 0.465 e. The standard InChI is InChI=1S/C18H20N2O5/c1-24-17(23)13-5-3-12(4-6-13)16(22)19-9-7-18-14(19)11-15(21)20(18)8-2-10-25-18/h3-6,14H,2,7-11H2,1H3/t14-,18+/m1/s1. The molecule has 7 heteroatoms. The molecule has 7 nitrogen and oxygen atoms in total. The summed E-state index contributed by atoms with van der Waals surface area (Å²) in [7, 11) is 1.32. The van der Waals surface area contributed by atoms with E-state index in [9.17, 15) is 14.4 Å². The quantitative estimate of drug-likeness (QED) is 0.749. The molecule has 2 atom stereocenters. The molecule has 1 spiro atoms. The number of methoxy groups -OCH3 is 1. The van der Waals surface area contributed by atoms with Crippen LogP contribution in [-0.4, -0.2) is 66.2 Å². The first-order valence-electron chi connectivity index (χ1n) is 8.50. The van der Waals surface area contributed by atoms with Gasteiger partial charge in [0, 0.05) is 25.1 Å². The molecule has 3 aliphatic heterocycles. The summed E-state index contributed by atoms with van der Waals surface area (Å²) >= 11 is 0. The second-order valence-corrected chi connectivity index (χ2v) is 6.63. The Labute approximate surface area is 145 Å². The molecule has 1 aromatic rings. The van der Waals surface area contributed by atoms with Crippen LogP contribution in [-0.2, 0) is 14.3 Å². The van der Waals surface area contributed by atoms with Crippen LogP contribution < -0.4 is 0 Å². The van der Waals surface area contributed by atoms with E-state index < -0.39 is 11.7 Å². The highest BCUT2D eigenvalue weighted by Gasteiger charge is 2.61. The molecular formula is C18H20N2O5. The Balaban J connectivity index is 1.57. The van der Waals surface area contributed by atoms with E-state index in [0.717, 1.165) is 6.42 Å². The number of hydrogen-bond acceptors (Lipinski definition) is 5. The van der Waals surface area contributed by atoms with Gasteiger partial charge >= 0.3 is 5.97 Å². The van der Waals surface area contributed by atoms with Crippen molar-refractivity contribution < 1.29 is 23.9 Å². The molecule has 0 bridgehead atoms. The van der Waals surface area contributed by atoms with Crippen molar-refractivity contribution in [2.24, 2.45) is 0 Å². The van der Waals surface area contributed by atoms with E-state index in [1.165, 1.54) is 7.11 Å². The Morgan fingerprint density at radius 1 is 1.20 bits per heavy atom. The van der Waals surface area contributed by atoms with E-state index in [2.05, 4.69) is 4.74 Å². The summed E-state index contributed by atoms with van der Waals surface area (Å²) in [5, 5.41) is 0. The number of carbonyl (C=O) groups excluding carboxylic acids is 3. The lowest BCUT2D eigenvalue weighted by Crippen LogP contribution is -2.56. The third kappa shape index (κ3) is 2.33. The van der Waals surface area contributed by atoms with Gasteiger partial charge in [0.1, 0.15) is 0 Å². The molecule has 0 radical (unpaired) electrons. The van der Waals surface area contributed by atoms with Crippen LogP contribution in [0, 0.1) is 0 Å². The number of amides is 2. The minimum absolute atomic E-state index is 0.0586. The van der Waals surface area contributed by atoms with Gasteiger partial charge in [-0.05, 0) is 30.7 Å². The normalized spacial score (nSPS) is 27.9. The van der Waals surface area contributed by atoms with Gasteiger partial charge in [0.05, 0.1) is 31.7 Å².